The molecule has 1 unspecified atom stereocenters. The van der Waals surface area contributed by atoms with Crippen molar-refractivity contribution < 1.29 is 54.9 Å². The number of rotatable bonds is 6. The average molecular weight is 613 g/mol. The maximum atomic E-state index is 12.8. The molecule has 1 aliphatic rings. The summed E-state index contributed by atoms with van der Waals surface area (Å²) in [5.41, 5.74) is 2.37. The summed E-state index contributed by atoms with van der Waals surface area (Å²) in [6.07, 6.45) is 4.78. The Balaban J connectivity index is 0.00000137. The maximum Gasteiger partial charge on any atom is 0.123 e. The molecule has 0 bridgehead atoms. The summed E-state index contributed by atoms with van der Waals surface area (Å²) in [4.78, 5) is 10.7. The molecule has 0 aliphatic carbocycles. The van der Waals surface area contributed by atoms with Crippen molar-refractivity contribution in [3.05, 3.63) is 59.4 Å². The number of ether oxygens (including phenoxy) is 2. The number of benzene rings is 2. The first-order valence-corrected chi connectivity index (χ1v) is 9.24. The normalized spacial score (nSPS) is 13.8. The standard InChI is InChI=1S/C19H18FO3.C2H6.CH4O.U/c20-16-5-8-17(9-6-16)22-11-1-2-14-3-10-19-15(12-14)4-7-18(13-21)23-19;2*1-2;/h3,5-6,8-10,12,18H,1-2,4,7,11H2;1-2H3;2H,1H3;/q-1;;;. The summed E-state index contributed by atoms with van der Waals surface area (Å²) in [6, 6.07) is 12.1. The molecule has 152 valence electrons. The molecule has 0 radical (unpaired) electrons. The first-order valence-electron chi connectivity index (χ1n) is 9.24. The largest absolute Gasteiger partial charge is 0.538 e. The minimum absolute atomic E-state index is 0. The molecule has 0 saturated heterocycles. The van der Waals surface area contributed by atoms with Crippen LogP contribution in [0, 0.1) is 36.9 Å². The zero-order chi connectivity index (χ0) is 20.1. The van der Waals surface area contributed by atoms with E-state index in [2.05, 4.69) is 6.07 Å². The Labute approximate surface area is 190 Å². The van der Waals surface area contributed by atoms with E-state index in [-0.39, 0.29) is 36.9 Å². The van der Waals surface area contributed by atoms with Crippen LogP contribution >= 0.6 is 0 Å². The van der Waals surface area contributed by atoms with Gasteiger partial charge in [0.2, 0.25) is 0 Å². The Kier molecular flexibility index (Phi) is 14.8. The molecular weight excluding hydrogens is 585 g/mol. The fraction of sp³-hybridized carbons (Fsp3) is 0.409. The molecule has 2 aromatic carbocycles. The van der Waals surface area contributed by atoms with Gasteiger partial charge in [-0.2, -0.15) is 0 Å². The van der Waals surface area contributed by atoms with E-state index in [1.807, 2.05) is 32.3 Å². The summed E-state index contributed by atoms with van der Waals surface area (Å²) in [5, 5.41) is 7.00. The van der Waals surface area contributed by atoms with Gasteiger partial charge in [0.15, 0.2) is 0 Å². The third kappa shape index (κ3) is 8.77. The van der Waals surface area contributed by atoms with Crippen LogP contribution in [-0.2, 0) is 17.6 Å². The van der Waals surface area contributed by atoms with Gasteiger partial charge in [-0.1, -0.05) is 26.0 Å². The van der Waals surface area contributed by atoms with Crippen molar-refractivity contribution in [2.45, 2.75) is 45.6 Å². The van der Waals surface area contributed by atoms with Crippen molar-refractivity contribution in [3.63, 3.8) is 0 Å². The predicted molar refractivity (Wildman–Crippen MR) is 105 cm³/mol. The summed E-state index contributed by atoms with van der Waals surface area (Å²) in [5.74, 6) is 1.21. The SMILES string of the molecule is CC.CO.O=[C-]C1CCc2cc(CCCOc3ccc(F)cc3)ccc2O1.[U]. The van der Waals surface area contributed by atoms with Crippen molar-refractivity contribution in [1.29, 1.82) is 0 Å². The Hall–Kier alpha value is -1.35. The van der Waals surface area contributed by atoms with Crippen molar-refractivity contribution >= 4 is 6.29 Å². The van der Waals surface area contributed by atoms with E-state index in [0.717, 1.165) is 37.7 Å². The van der Waals surface area contributed by atoms with Gasteiger partial charge in [0.1, 0.15) is 17.3 Å². The molecule has 1 N–H and O–H groups in total. The van der Waals surface area contributed by atoms with E-state index in [1.54, 1.807) is 12.1 Å². The Morgan fingerprint density at radius 3 is 2.50 bits per heavy atom. The molecule has 0 fully saturated rings. The van der Waals surface area contributed by atoms with Gasteiger partial charge in [0.05, 0.1) is 6.61 Å². The van der Waals surface area contributed by atoms with Gasteiger partial charge < -0.3 is 19.4 Å². The van der Waals surface area contributed by atoms with Gasteiger partial charge >= 0.3 is 0 Å². The zero-order valence-electron chi connectivity index (χ0n) is 16.7. The van der Waals surface area contributed by atoms with Crippen molar-refractivity contribution in [2.24, 2.45) is 0 Å². The molecule has 1 aliphatic heterocycles. The van der Waals surface area contributed by atoms with Crippen molar-refractivity contribution in [2.75, 3.05) is 13.7 Å². The van der Waals surface area contributed by atoms with Gasteiger partial charge in [-0.3, -0.25) is 0 Å². The first kappa shape index (κ1) is 26.7. The fourth-order valence-electron chi connectivity index (χ4n) is 2.68. The van der Waals surface area contributed by atoms with Crippen LogP contribution in [0.1, 0.15) is 37.8 Å². The van der Waals surface area contributed by atoms with E-state index in [9.17, 15) is 9.18 Å². The quantitative estimate of drug-likeness (QED) is 0.391. The van der Waals surface area contributed by atoms with E-state index in [0.29, 0.717) is 18.8 Å². The molecule has 0 aromatic heterocycles. The topological polar surface area (TPSA) is 55.8 Å². The van der Waals surface area contributed by atoms with Crippen molar-refractivity contribution in [1.82, 2.24) is 0 Å². The third-order valence-electron chi connectivity index (χ3n) is 3.89. The smallest absolute Gasteiger partial charge is 0.123 e. The molecule has 1 heterocycles. The molecule has 6 heteroatoms. The third-order valence-corrected chi connectivity index (χ3v) is 3.89. The predicted octanol–water partition coefficient (Wildman–Crippen LogP) is 4.28. The minimum atomic E-state index is -0.433. The van der Waals surface area contributed by atoms with Gasteiger partial charge in [0, 0.05) is 44.3 Å². The van der Waals surface area contributed by atoms with Crippen LogP contribution in [0.15, 0.2) is 42.5 Å². The number of aliphatic hydroxyl groups is 1. The summed E-state index contributed by atoms with van der Waals surface area (Å²) >= 11 is 0. The van der Waals surface area contributed by atoms with Crippen LogP contribution in [0.4, 0.5) is 4.39 Å². The van der Waals surface area contributed by atoms with Gasteiger partial charge in [-0.05, 0) is 67.1 Å². The number of hydrogen-bond acceptors (Lipinski definition) is 4. The molecule has 0 saturated carbocycles. The molecule has 2 aromatic rings. The number of aliphatic hydroxyl groups excluding tert-OH is 1. The number of aryl methyl sites for hydroxylation is 2. The van der Waals surface area contributed by atoms with Gasteiger partial charge in [-0.25, -0.2) is 10.7 Å². The number of hydrogen-bond donors (Lipinski definition) is 1. The number of halogens is 1. The van der Waals surface area contributed by atoms with Crippen molar-refractivity contribution in [3.8, 4) is 11.5 Å². The van der Waals surface area contributed by atoms with Crippen LogP contribution < -0.4 is 9.47 Å². The zero-order valence-corrected chi connectivity index (χ0v) is 20.9. The molecule has 28 heavy (non-hydrogen) atoms. The minimum Gasteiger partial charge on any atom is -0.538 e. The second-order valence-electron chi connectivity index (χ2n) is 5.61. The number of carbonyl (C=O) groups excluding carboxylic acids is 1. The molecule has 1 atom stereocenters. The van der Waals surface area contributed by atoms with Gasteiger partial charge in [0.25, 0.3) is 0 Å². The Bertz CT molecular complexity index is 677. The molecule has 0 spiro atoms. The fourth-order valence-corrected chi connectivity index (χ4v) is 2.68. The summed E-state index contributed by atoms with van der Waals surface area (Å²) in [6.45, 7) is 4.58. The van der Waals surface area contributed by atoms with E-state index < -0.39 is 6.10 Å². The van der Waals surface area contributed by atoms with Crippen LogP contribution in [0.5, 0.6) is 11.5 Å². The van der Waals surface area contributed by atoms with Crippen LogP contribution in [0.3, 0.4) is 0 Å². The van der Waals surface area contributed by atoms with Crippen LogP contribution in [0.25, 0.3) is 0 Å². The molecular formula is C22H28FO4U-. The number of fused-ring (bicyclic) bond motifs is 1. The second kappa shape index (κ2) is 15.6. The molecule has 0 amide bonds. The Morgan fingerprint density at radius 1 is 1.18 bits per heavy atom. The summed E-state index contributed by atoms with van der Waals surface area (Å²) in [7, 11) is 1.00. The maximum absolute atomic E-state index is 12.8. The van der Waals surface area contributed by atoms with E-state index in [1.165, 1.54) is 17.7 Å². The Morgan fingerprint density at radius 2 is 1.86 bits per heavy atom. The summed E-state index contributed by atoms with van der Waals surface area (Å²) < 4.78 is 23.9. The second-order valence-corrected chi connectivity index (χ2v) is 5.61. The monoisotopic (exact) mass is 613 g/mol. The van der Waals surface area contributed by atoms with Crippen LogP contribution in [0.2, 0.25) is 0 Å². The van der Waals surface area contributed by atoms with E-state index in [4.69, 9.17) is 14.6 Å². The van der Waals surface area contributed by atoms with E-state index >= 15 is 0 Å². The van der Waals surface area contributed by atoms with Gasteiger partial charge in [-0.15, -0.1) is 0 Å². The molecule has 4 nitrogen and oxygen atoms in total. The van der Waals surface area contributed by atoms with Crippen LogP contribution in [-0.4, -0.2) is 31.2 Å². The average Bonchev–Trinajstić information content (AvgIpc) is 2.75. The first-order chi connectivity index (χ1) is 13.2. The molecule has 3 rings (SSSR count).